The van der Waals surface area contributed by atoms with Gasteiger partial charge in [0.2, 0.25) is 5.95 Å². The van der Waals surface area contributed by atoms with Crippen molar-refractivity contribution >= 4 is 23.4 Å². The van der Waals surface area contributed by atoms with Crippen LogP contribution < -0.4 is 16.4 Å². The number of nitrogens with two attached hydrogens (primary N) is 1. The van der Waals surface area contributed by atoms with Crippen molar-refractivity contribution in [2.45, 2.75) is 20.5 Å². The molecule has 0 unspecified atom stereocenters. The van der Waals surface area contributed by atoms with Gasteiger partial charge in [-0.25, -0.2) is 9.97 Å². The predicted octanol–water partition coefficient (Wildman–Crippen LogP) is 5.14. The highest BCUT2D eigenvalue weighted by Crippen LogP contribution is 2.23. The minimum Gasteiger partial charge on any atom is -0.399 e. The third-order valence-corrected chi connectivity index (χ3v) is 4.47. The molecule has 0 aliphatic heterocycles. The van der Waals surface area contributed by atoms with Crippen LogP contribution in [-0.4, -0.2) is 23.1 Å². The van der Waals surface area contributed by atoms with Crippen LogP contribution in [0.1, 0.15) is 25.0 Å². The van der Waals surface area contributed by atoms with E-state index in [1.165, 1.54) is 0 Å². The number of hydrogen-bond donors (Lipinski definition) is 3. The fraction of sp³-hybridized carbons (Fsp3) is 0.200. The number of ether oxygens (including phenoxy) is 1. The maximum absolute atomic E-state index is 6.03. The van der Waals surface area contributed by atoms with E-state index in [1.807, 2.05) is 56.5 Å². The van der Waals surface area contributed by atoms with Gasteiger partial charge in [-0.05, 0) is 61.5 Å². The minimum atomic E-state index is 0.516. The van der Waals surface area contributed by atoms with E-state index in [0.29, 0.717) is 24.8 Å². The number of nitrogens with one attached hydrogen (secondary N) is 2. The van der Waals surface area contributed by atoms with Crippen molar-refractivity contribution < 1.29 is 4.74 Å². The van der Waals surface area contributed by atoms with Gasteiger partial charge in [-0.2, -0.15) is 0 Å². The Morgan fingerprint density at radius 3 is 2.71 bits per heavy atom. The molecule has 0 atom stereocenters. The first kappa shape index (κ1) is 22.1. The van der Waals surface area contributed by atoms with E-state index in [9.17, 15) is 0 Å². The first-order valence-electron chi connectivity index (χ1n) is 10.4. The summed E-state index contributed by atoms with van der Waals surface area (Å²) in [5.41, 5.74) is 11.5. The van der Waals surface area contributed by atoms with Crippen molar-refractivity contribution in [3.05, 3.63) is 84.2 Å². The lowest BCUT2D eigenvalue weighted by molar-refractivity contribution is 0.134. The number of nitrogen functional groups attached to an aromatic ring is 1. The number of benzene rings is 2. The molecule has 0 saturated carbocycles. The second-order valence-electron chi connectivity index (χ2n) is 6.92. The molecule has 31 heavy (non-hydrogen) atoms. The fourth-order valence-corrected chi connectivity index (χ4v) is 2.98. The molecule has 1 aromatic heterocycles. The Morgan fingerprint density at radius 1 is 1.10 bits per heavy atom. The van der Waals surface area contributed by atoms with Gasteiger partial charge in [0, 0.05) is 36.3 Å². The fourth-order valence-electron chi connectivity index (χ4n) is 2.98. The van der Waals surface area contributed by atoms with Crippen molar-refractivity contribution in [2.75, 3.05) is 24.2 Å². The molecular formula is C25H29N5O. The second kappa shape index (κ2) is 11.5. The Bertz CT molecular complexity index is 1030. The van der Waals surface area contributed by atoms with Crippen molar-refractivity contribution in [1.29, 1.82) is 0 Å². The lowest BCUT2D eigenvalue weighted by Crippen LogP contribution is -2.02. The standard InChI is InChI=1S/C25H29N5O/c1-3-5-12-27-13-10-19-6-8-21(9-7-19)24-11-14-28-25(30-24)29-23-16-20(18-31-4-2)15-22(26)17-23/h3,5-11,13-17,27H,4,12,18,26H2,1-2H3,(H,28,29,30)/b5-3+,13-10-. The highest BCUT2D eigenvalue weighted by atomic mass is 16.5. The van der Waals surface area contributed by atoms with E-state index < -0.39 is 0 Å². The zero-order valence-electron chi connectivity index (χ0n) is 18.0. The van der Waals surface area contributed by atoms with Gasteiger partial charge >= 0.3 is 0 Å². The predicted molar refractivity (Wildman–Crippen MR) is 129 cm³/mol. The van der Waals surface area contributed by atoms with Crippen LogP contribution in [0.15, 0.2) is 73.1 Å². The molecule has 160 valence electrons. The van der Waals surface area contributed by atoms with Gasteiger partial charge in [0.05, 0.1) is 12.3 Å². The summed E-state index contributed by atoms with van der Waals surface area (Å²) in [6, 6.07) is 15.9. The van der Waals surface area contributed by atoms with E-state index in [2.05, 4.69) is 50.9 Å². The summed E-state index contributed by atoms with van der Waals surface area (Å²) in [6.45, 7) is 5.97. The summed E-state index contributed by atoms with van der Waals surface area (Å²) < 4.78 is 5.48. The van der Waals surface area contributed by atoms with Crippen LogP contribution in [0.2, 0.25) is 0 Å². The van der Waals surface area contributed by atoms with Gasteiger partial charge in [0.25, 0.3) is 0 Å². The molecule has 6 nitrogen and oxygen atoms in total. The van der Waals surface area contributed by atoms with Gasteiger partial charge in [-0.1, -0.05) is 36.4 Å². The Kier molecular flexibility index (Phi) is 8.20. The van der Waals surface area contributed by atoms with E-state index in [1.54, 1.807) is 6.20 Å². The smallest absolute Gasteiger partial charge is 0.227 e. The van der Waals surface area contributed by atoms with E-state index in [0.717, 1.165) is 34.6 Å². The Balaban J connectivity index is 1.70. The number of anilines is 3. The zero-order chi connectivity index (χ0) is 21.9. The largest absolute Gasteiger partial charge is 0.399 e. The normalized spacial score (nSPS) is 11.3. The number of hydrogen-bond acceptors (Lipinski definition) is 6. The first-order valence-corrected chi connectivity index (χ1v) is 10.4. The Morgan fingerprint density at radius 2 is 1.94 bits per heavy atom. The molecule has 2 aromatic carbocycles. The van der Waals surface area contributed by atoms with E-state index in [4.69, 9.17) is 10.5 Å². The van der Waals surface area contributed by atoms with Gasteiger partial charge in [0.15, 0.2) is 0 Å². The van der Waals surface area contributed by atoms with Crippen LogP contribution in [-0.2, 0) is 11.3 Å². The zero-order valence-corrected chi connectivity index (χ0v) is 18.0. The van der Waals surface area contributed by atoms with Gasteiger partial charge in [-0.3, -0.25) is 0 Å². The van der Waals surface area contributed by atoms with Gasteiger partial charge in [-0.15, -0.1) is 0 Å². The Hall–Kier alpha value is -3.64. The first-order chi connectivity index (χ1) is 15.2. The summed E-state index contributed by atoms with van der Waals surface area (Å²) >= 11 is 0. The number of aromatic nitrogens is 2. The average Bonchev–Trinajstić information content (AvgIpc) is 2.78. The highest BCUT2D eigenvalue weighted by Gasteiger charge is 2.05. The van der Waals surface area contributed by atoms with E-state index in [-0.39, 0.29) is 0 Å². The maximum Gasteiger partial charge on any atom is 0.227 e. The number of allylic oxidation sites excluding steroid dienone is 1. The van der Waals surface area contributed by atoms with Gasteiger partial charge < -0.3 is 21.1 Å². The summed E-state index contributed by atoms with van der Waals surface area (Å²) in [7, 11) is 0. The Labute approximate surface area is 183 Å². The minimum absolute atomic E-state index is 0.516. The molecule has 6 heteroatoms. The molecule has 0 aliphatic carbocycles. The topological polar surface area (TPSA) is 85.1 Å². The highest BCUT2D eigenvalue weighted by molar-refractivity contribution is 5.65. The number of rotatable bonds is 10. The molecule has 0 aliphatic rings. The van der Waals surface area contributed by atoms with Crippen LogP contribution in [0.3, 0.4) is 0 Å². The van der Waals surface area contributed by atoms with Crippen molar-refractivity contribution in [1.82, 2.24) is 15.3 Å². The summed E-state index contributed by atoms with van der Waals surface area (Å²) in [5, 5.41) is 6.46. The third-order valence-electron chi connectivity index (χ3n) is 4.47. The van der Waals surface area contributed by atoms with Crippen LogP contribution in [0.5, 0.6) is 0 Å². The summed E-state index contributed by atoms with van der Waals surface area (Å²) in [6.07, 6.45) is 9.83. The van der Waals surface area contributed by atoms with Crippen LogP contribution >= 0.6 is 0 Å². The molecular weight excluding hydrogens is 386 g/mol. The molecule has 0 spiro atoms. The lowest BCUT2D eigenvalue weighted by atomic mass is 10.1. The monoisotopic (exact) mass is 415 g/mol. The van der Waals surface area contributed by atoms with Crippen LogP contribution in [0, 0.1) is 0 Å². The molecule has 4 N–H and O–H groups in total. The summed E-state index contributed by atoms with van der Waals surface area (Å²) in [4.78, 5) is 9.00. The molecule has 0 amide bonds. The summed E-state index contributed by atoms with van der Waals surface area (Å²) in [5.74, 6) is 0.516. The molecule has 0 fully saturated rings. The molecule has 0 saturated heterocycles. The van der Waals surface area contributed by atoms with Crippen LogP contribution in [0.4, 0.5) is 17.3 Å². The lowest BCUT2D eigenvalue weighted by Gasteiger charge is -2.10. The molecule has 3 rings (SSSR count). The third kappa shape index (κ3) is 6.97. The molecule has 0 bridgehead atoms. The molecule has 1 heterocycles. The second-order valence-corrected chi connectivity index (χ2v) is 6.92. The SMILES string of the molecule is C/C=C/CN/C=C\c1ccc(-c2ccnc(Nc3cc(N)cc(COCC)c3)n2)cc1. The van der Waals surface area contributed by atoms with Crippen molar-refractivity contribution in [3.8, 4) is 11.3 Å². The average molecular weight is 416 g/mol. The number of nitrogens with zero attached hydrogens (tertiary/aromatic N) is 2. The van der Waals surface area contributed by atoms with Crippen LogP contribution in [0.25, 0.3) is 17.3 Å². The van der Waals surface area contributed by atoms with E-state index >= 15 is 0 Å². The van der Waals surface area contributed by atoms with Crippen molar-refractivity contribution in [3.63, 3.8) is 0 Å². The molecule has 3 aromatic rings. The quantitative estimate of drug-likeness (QED) is 0.241. The van der Waals surface area contributed by atoms with Gasteiger partial charge in [0.1, 0.15) is 0 Å². The molecule has 0 radical (unpaired) electrons. The van der Waals surface area contributed by atoms with Crippen molar-refractivity contribution in [2.24, 2.45) is 0 Å². The maximum atomic E-state index is 6.03.